The zero-order valence-electron chi connectivity index (χ0n) is 16.8. The molecule has 1 aromatic heterocycles. The number of unbranched alkanes of at least 4 members (excludes halogenated alkanes) is 1. The van der Waals surface area contributed by atoms with Crippen molar-refractivity contribution >= 4 is 7.60 Å². The summed E-state index contributed by atoms with van der Waals surface area (Å²) in [6.07, 6.45) is 4.48. The van der Waals surface area contributed by atoms with Crippen molar-refractivity contribution in [1.29, 1.82) is 0 Å². The van der Waals surface area contributed by atoms with E-state index in [1.807, 2.05) is 32.2 Å². The third-order valence-corrected chi connectivity index (χ3v) is 5.78. The maximum Gasteiger partial charge on any atom is 0.325 e. The molecule has 0 saturated heterocycles. The van der Waals surface area contributed by atoms with E-state index in [-0.39, 0.29) is 6.16 Å². The van der Waals surface area contributed by atoms with Crippen LogP contribution in [0.4, 0.5) is 0 Å². The molecule has 1 unspecified atom stereocenters. The molecule has 0 saturated carbocycles. The molecule has 0 aliphatic heterocycles. The molecule has 1 aromatic carbocycles. The summed E-state index contributed by atoms with van der Waals surface area (Å²) in [4.78, 5) is 18.1. The van der Waals surface area contributed by atoms with E-state index in [1.54, 1.807) is 0 Å². The number of benzene rings is 1. The van der Waals surface area contributed by atoms with Gasteiger partial charge in [0, 0.05) is 24.7 Å². The molecular weight excluding hydrogens is 371 g/mol. The second-order valence-electron chi connectivity index (χ2n) is 7.70. The summed E-state index contributed by atoms with van der Waals surface area (Å²) < 4.78 is 13.1. The Bertz CT molecular complexity index is 857. The van der Waals surface area contributed by atoms with E-state index in [1.165, 1.54) is 5.56 Å². The lowest BCUT2D eigenvalue weighted by Gasteiger charge is -2.25. The molecule has 4 N–H and O–H groups in total. The molecule has 0 radical (unpaired) electrons. The van der Waals surface area contributed by atoms with Crippen molar-refractivity contribution in [3.8, 4) is 11.8 Å². The van der Waals surface area contributed by atoms with Crippen LogP contribution in [0, 0.1) is 11.8 Å². The van der Waals surface area contributed by atoms with Gasteiger partial charge >= 0.3 is 7.60 Å². The van der Waals surface area contributed by atoms with Crippen molar-refractivity contribution in [3.05, 3.63) is 59.4 Å². The Morgan fingerprint density at radius 1 is 1.11 bits per heavy atom. The highest BCUT2D eigenvalue weighted by Crippen LogP contribution is 2.37. The van der Waals surface area contributed by atoms with Crippen LogP contribution < -0.4 is 5.73 Å². The number of rotatable bonds is 9. The topological polar surface area (TPSA) is 88.5 Å². The van der Waals surface area contributed by atoms with Crippen LogP contribution in [0.5, 0.6) is 0 Å². The van der Waals surface area contributed by atoms with Gasteiger partial charge in [0.25, 0.3) is 0 Å². The third kappa shape index (κ3) is 8.04. The van der Waals surface area contributed by atoms with E-state index < -0.39 is 13.1 Å². The number of aromatic nitrogens is 1. The quantitative estimate of drug-likeness (QED) is 0.340. The van der Waals surface area contributed by atoms with Gasteiger partial charge in [0.1, 0.15) is 0 Å². The summed E-state index contributed by atoms with van der Waals surface area (Å²) in [5, 5.41) is 0. The molecule has 28 heavy (non-hydrogen) atoms. The van der Waals surface area contributed by atoms with E-state index in [0.29, 0.717) is 12.8 Å². The van der Waals surface area contributed by atoms with Crippen LogP contribution in [0.1, 0.15) is 49.6 Å². The Balaban J connectivity index is 1.82. The molecule has 0 bridgehead atoms. The van der Waals surface area contributed by atoms with Gasteiger partial charge in [-0.1, -0.05) is 36.3 Å². The summed E-state index contributed by atoms with van der Waals surface area (Å²) in [7, 11) is -2.01. The Morgan fingerprint density at radius 2 is 1.82 bits per heavy atom. The van der Waals surface area contributed by atoms with Crippen molar-refractivity contribution in [2.75, 3.05) is 6.16 Å². The molecule has 152 valence electrons. The number of hydrogen-bond acceptors (Lipinski definition) is 2. The molecule has 0 aliphatic carbocycles. The summed E-state index contributed by atoms with van der Waals surface area (Å²) in [6, 6.07) is 14.5. The van der Waals surface area contributed by atoms with E-state index >= 15 is 0 Å². The van der Waals surface area contributed by atoms with Crippen LogP contribution >= 0.6 is 7.60 Å². The zero-order valence-corrected chi connectivity index (χ0v) is 17.7. The predicted molar refractivity (Wildman–Crippen MR) is 114 cm³/mol. The van der Waals surface area contributed by atoms with Crippen LogP contribution in [0.25, 0.3) is 0 Å². The molecule has 1 heterocycles. The van der Waals surface area contributed by atoms with Crippen LogP contribution in [0.3, 0.4) is 0 Å². The van der Waals surface area contributed by atoms with Gasteiger partial charge in [0.15, 0.2) is 0 Å². The van der Waals surface area contributed by atoms with Gasteiger partial charge in [-0.25, -0.2) is 0 Å². The van der Waals surface area contributed by atoms with E-state index in [9.17, 15) is 4.57 Å². The number of nitrogens with zero attached hydrogens (tertiary/aromatic N) is 1. The maximum atomic E-state index is 11.1. The largest absolute Gasteiger partial charge is 0.341 e. The lowest BCUT2D eigenvalue weighted by molar-refractivity contribution is 0.353. The fraction of sp³-hybridized carbons (Fsp3) is 0.455. The van der Waals surface area contributed by atoms with Crippen LogP contribution in [-0.2, 0) is 24.5 Å². The maximum absolute atomic E-state index is 11.1. The van der Waals surface area contributed by atoms with Gasteiger partial charge in [-0.2, -0.15) is 0 Å². The van der Waals surface area contributed by atoms with Gasteiger partial charge < -0.3 is 20.1 Å². The summed E-state index contributed by atoms with van der Waals surface area (Å²) in [5.74, 6) is 6.49. The van der Waals surface area contributed by atoms with E-state index in [4.69, 9.17) is 15.5 Å². The van der Waals surface area contributed by atoms with Crippen molar-refractivity contribution in [3.63, 3.8) is 0 Å². The van der Waals surface area contributed by atoms with Gasteiger partial charge in [-0.15, -0.1) is 0 Å². The average Bonchev–Trinajstić information content (AvgIpc) is 2.99. The van der Waals surface area contributed by atoms with E-state index in [2.05, 4.69) is 40.7 Å². The fourth-order valence-electron chi connectivity index (χ4n) is 3.05. The Labute approximate surface area is 168 Å². The molecule has 0 aliphatic rings. The van der Waals surface area contributed by atoms with Gasteiger partial charge in [-0.3, -0.25) is 4.57 Å². The molecular formula is C22H31N2O3P. The van der Waals surface area contributed by atoms with Crippen molar-refractivity contribution < 1.29 is 14.4 Å². The number of nitrogens with two attached hydrogens (primary N) is 1. The van der Waals surface area contributed by atoms with Crippen molar-refractivity contribution in [1.82, 2.24) is 4.57 Å². The first-order valence-corrected chi connectivity index (χ1v) is 11.5. The number of aryl methyl sites for hydroxylation is 2. The second kappa shape index (κ2) is 10.1. The molecule has 2 rings (SSSR count). The second-order valence-corrected chi connectivity index (χ2v) is 9.48. The van der Waals surface area contributed by atoms with E-state index in [0.717, 1.165) is 37.1 Å². The molecule has 6 heteroatoms. The summed E-state index contributed by atoms with van der Waals surface area (Å²) >= 11 is 0. The first-order valence-electron chi connectivity index (χ1n) is 9.67. The highest BCUT2D eigenvalue weighted by Gasteiger charge is 2.24. The van der Waals surface area contributed by atoms with Crippen molar-refractivity contribution in [2.45, 2.75) is 51.0 Å². The highest BCUT2D eigenvalue weighted by molar-refractivity contribution is 7.51. The first kappa shape index (κ1) is 22.5. The Kier molecular flexibility index (Phi) is 8.10. The lowest BCUT2D eigenvalue weighted by atomic mass is 9.93. The minimum Gasteiger partial charge on any atom is -0.341 e. The SMILES string of the molecule is Cn1c(C#CCCCc2ccccc2)ccc1CCC(C)(N)CCP(=O)(O)O. The third-order valence-electron chi connectivity index (χ3n) is 4.98. The molecule has 0 fully saturated rings. The van der Waals surface area contributed by atoms with Crippen LogP contribution in [0.2, 0.25) is 0 Å². The van der Waals surface area contributed by atoms with Crippen LogP contribution in [0.15, 0.2) is 42.5 Å². The average molecular weight is 402 g/mol. The highest BCUT2D eigenvalue weighted by atomic mass is 31.2. The molecule has 1 atom stereocenters. The standard InChI is InChI=1S/C22H31N2O3P/c1-22(23,17-18-28(25,26)27)16-15-21-14-13-20(24(21)2)12-8-4-7-11-19-9-5-3-6-10-19/h3,5-6,9-10,13-14H,4,7,11,15-18,23H2,1-2H3,(H2,25,26,27). The fourth-order valence-corrected chi connectivity index (χ4v) is 3.85. The Morgan fingerprint density at radius 3 is 2.50 bits per heavy atom. The van der Waals surface area contributed by atoms with Gasteiger partial charge in [-0.05, 0) is 62.6 Å². The molecule has 2 aromatic rings. The first-order chi connectivity index (χ1) is 13.2. The zero-order chi connectivity index (χ0) is 20.6. The lowest BCUT2D eigenvalue weighted by Crippen LogP contribution is -2.37. The molecule has 5 nitrogen and oxygen atoms in total. The van der Waals surface area contributed by atoms with Crippen molar-refractivity contribution in [2.24, 2.45) is 12.8 Å². The minimum absolute atomic E-state index is 0.174. The molecule has 0 amide bonds. The van der Waals surface area contributed by atoms with Gasteiger partial charge in [0.05, 0.1) is 11.9 Å². The normalized spacial score (nSPS) is 13.6. The minimum atomic E-state index is -4.01. The molecule has 0 spiro atoms. The number of hydrogen-bond donors (Lipinski definition) is 3. The summed E-state index contributed by atoms with van der Waals surface area (Å²) in [6.45, 7) is 1.85. The Hall–Kier alpha value is -1.83. The summed E-state index contributed by atoms with van der Waals surface area (Å²) in [5.41, 5.74) is 9.05. The van der Waals surface area contributed by atoms with Crippen LogP contribution in [-0.4, -0.2) is 26.1 Å². The van der Waals surface area contributed by atoms with Gasteiger partial charge in [0.2, 0.25) is 0 Å². The predicted octanol–water partition coefficient (Wildman–Crippen LogP) is 3.62. The monoisotopic (exact) mass is 402 g/mol. The smallest absolute Gasteiger partial charge is 0.325 e.